The summed E-state index contributed by atoms with van der Waals surface area (Å²) in [5, 5.41) is 10.6. The van der Waals surface area contributed by atoms with E-state index in [0.717, 1.165) is 161 Å². The van der Waals surface area contributed by atoms with Gasteiger partial charge in [-0.05, 0) is 128 Å². The maximum atomic E-state index is 13.1. The minimum absolute atomic E-state index is 0.0381. The number of hydrogen-bond donors (Lipinski definition) is 3. The maximum absolute atomic E-state index is 13.1. The molecule has 0 rings (SSSR count). The van der Waals surface area contributed by atoms with E-state index in [2.05, 4.69) is 137 Å². The average molecular weight is 1480 g/mol. The standard InChI is InChI=1S/C83H144O17P2/c1-5-9-13-17-21-25-29-33-36-37-38-39-42-45-48-52-56-60-64-68-81(86)94-74-79(100-83(88)70-66-62-58-54-50-46-41-35-31-27-23-19-15-11-7-3)76-98-102(91,92)96-72-77(84)71-95-101(89,90)97-75-78(99-82(87)69-65-61-57-53-49-43-32-28-24-20-16-12-8-4)73-93-80(85)67-63-59-55-51-47-44-40-34-30-26-22-18-14-10-6-2/h9,11,13,15,21,23,25,27,33-36,38-41,50,54,77-79,84H,5-8,10,12,14,16-20,22,24,26,28-32,37,42-49,51-53,55-76H2,1-4H3,(H,89,90)(H,91,92)/b13-9-,15-11-,25-21-,27-23-,36-33-,39-38-,40-34-,41-35-,54-50-. The summed E-state index contributed by atoms with van der Waals surface area (Å²) in [5.41, 5.74) is 0. The molecule has 588 valence electrons. The Kier molecular flexibility index (Phi) is 71.8. The number of carbonyl (C=O) groups excluding carboxylic acids is 4. The molecular formula is C83H144O17P2. The predicted octanol–water partition coefficient (Wildman–Crippen LogP) is 23.3. The molecule has 5 atom stereocenters. The fourth-order valence-corrected chi connectivity index (χ4v) is 12.2. The molecule has 3 N–H and O–H groups in total. The Morgan fingerprint density at radius 3 is 0.814 bits per heavy atom. The molecule has 0 heterocycles. The van der Waals surface area contributed by atoms with E-state index in [1.54, 1.807) is 0 Å². The summed E-state index contributed by atoms with van der Waals surface area (Å²) >= 11 is 0. The normalized spacial score (nSPS) is 14.5. The van der Waals surface area contributed by atoms with E-state index in [1.165, 1.54) is 89.9 Å². The molecule has 0 spiro atoms. The molecule has 0 saturated carbocycles. The van der Waals surface area contributed by atoms with E-state index in [1.807, 2.05) is 0 Å². The van der Waals surface area contributed by atoms with Gasteiger partial charge in [-0.1, -0.05) is 291 Å². The van der Waals surface area contributed by atoms with Crippen molar-refractivity contribution in [2.45, 2.75) is 354 Å². The van der Waals surface area contributed by atoms with E-state index in [9.17, 15) is 43.2 Å². The van der Waals surface area contributed by atoms with Gasteiger partial charge in [0.1, 0.15) is 19.3 Å². The molecule has 0 bridgehead atoms. The van der Waals surface area contributed by atoms with Crippen molar-refractivity contribution in [3.05, 3.63) is 109 Å². The highest BCUT2D eigenvalue weighted by Gasteiger charge is 2.30. The summed E-state index contributed by atoms with van der Waals surface area (Å²) in [6.07, 6.45) is 80.7. The molecule has 0 fully saturated rings. The van der Waals surface area contributed by atoms with Gasteiger partial charge in [0, 0.05) is 25.7 Å². The Balaban J connectivity index is 5.38. The van der Waals surface area contributed by atoms with Gasteiger partial charge in [-0.15, -0.1) is 0 Å². The Hall–Kier alpha value is -4.28. The van der Waals surface area contributed by atoms with E-state index < -0.39 is 97.5 Å². The highest BCUT2D eigenvalue weighted by molar-refractivity contribution is 7.47. The number of aliphatic hydroxyl groups excluding tert-OH is 1. The molecule has 0 radical (unpaired) electrons. The van der Waals surface area contributed by atoms with Crippen LogP contribution in [0.25, 0.3) is 0 Å². The van der Waals surface area contributed by atoms with Gasteiger partial charge in [-0.25, -0.2) is 9.13 Å². The van der Waals surface area contributed by atoms with Crippen molar-refractivity contribution in [3.8, 4) is 0 Å². The van der Waals surface area contributed by atoms with Crippen molar-refractivity contribution in [1.82, 2.24) is 0 Å². The Morgan fingerprint density at radius 1 is 0.284 bits per heavy atom. The summed E-state index contributed by atoms with van der Waals surface area (Å²) in [5.74, 6) is -2.23. The lowest BCUT2D eigenvalue weighted by molar-refractivity contribution is -0.161. The lowest BCUT2D eigenvalue weighted by Crippen LogP contribution is -2.30. The number of phosphoric acid groups is 2. The van der Waals surface area contributed by atoms with E-state index >= 15 is 0 Å². The van der Waals surface area contributed by atoms with Crippen molar-refractivity contribution in [3.63, 3.8) is 0 Å². The van der Waals surface area contributed by atoms with Crippen molar-refractivity contribution in [2.24, 2.45) is 0 Å². The van der Waals surface area contributed by atoms with Crippen molar-refractivity contribution in [1.29, 1.82) is 0 Å². The van der Waals surface area contributed by atoms with Gasteiger partial charge in [0.05, 0.1) is 26.4 Å². The van der Waals surface area contributed by atoms with Crippen LogP contribution >= 0.6 is 15.6 Å². The van der Waals surface area contributed by atoms with Gasteiger partial charge in [0.25, 0.3) is 0 Å². The van der Waals surface area contributed by atoms with Gasteiger partial charge >= 0.3 is 39.5 Å². The Bertz CT molecular complexity index is 2360. The van der Waals surface area contributed by atoms with Gasteiger partial charge in [0.15, 0.2) is 12.2 Å². The van der Waals surface area contributed by atoms with E-state index in [-0.39, 0.29) is 25.7 Å². The van der Waals surface area contributed by atoms with E-state index in [4.69, 9.17) is 37.0 Å². The molecule has 0 amide bonds. The predicted molar refractivity (Wildman–Crippen MR) is 418 cm³/mol. The monoisotopic (exact) mass is 1470 g/mol. The molecule has 0 aromatic heterocycles. The van der Waals surface area contributed by atoms with Crippen LogP contribution < -0.4 is 0 Å². The highest BCUT2D eigenvalue weighted by atomic mass is 31.2. The number of hydrogen-bond acceptors (Lipinski definition) is 15. The number of unbranched alkanes of at least 4 members (excludes halogenated alkanes) is 31. The fraction of sp³-hybridized carbons (Fsp3) is 0.735. The lowest BCUT2D eigenvalue weighted by Gasteiger charge is -2.21. The highest BCUT2D eigenvalue weighted by Crippen LogP contribution is 2.45. The molecule has 0 aromatic carbocycles. The topological polar surface area (TPSA) is 237 Å². The first-order valence-electron chi connectivity index (χ1n) is 40.1. The van der Waals surface area contributed by atoms with Crippen LogP contribution in [0.4, 0.5) is 0 Å². The number of carbonyl (C=O) groups is 4. The number of phosphoric ester groups is 2. The molecule has 102 heavy (non-hydrogen) atoms. The third-order valence-electron chi connectivity index (χ3n) is 16.7. The summed E-state index contributed by atoms with van der Waals surface area (Å²) in [6, 6.07) is 0. The van der Waals surface area contributed by atoms with Crippen LogP contribution in [-0.2, 0) is 65.4 Å². The lowest BCUT2D eigenvalue weighted by atomic mass is 10.0. The zero-order chi connectivity index (χ0) is 74.6. The van der Waals surface area contributed by atoms with Crippen LogP contribution in [-0.4, -0.2) is 96.7 Å². The van der Waals surface area contributed by atoms with Crippen molar-refractivity contribution >= 4 is 39.5 Å². The second-order valence-electron chi connectivity index (χ2n) is 26.6. The van der Waals surface area contributed by atoms with Gasteiger partial charge in [-0.3, -0.25) is 37.3 Å². The molecule has 5 unspecified atom stereocenters. The van der Waals surface area contributed by atoms with Crippen LogP contribution in [0.5, 0.6) is 0 Å². The fourth-order valence-electron chi connectivity index (χ4n) is 10.7. The van der Waals surface area contributed by atoms with Gasteiger partial charge in [0.2, 0.25) is 0 Å². The largest absolute Gasteiger partial charge is 0.472 e. The molecule has 0 aliphatic heterocycles. The van der Waals surface area contributed by atoms with Gasteiger partial charge < -0.3 is 33.8 Å². The van der Waals surface area contributed by atoms with Crippen LogP contribution in [0.15, 0.2) is 109 Å². The number of rotatable bonds is 75. The number of ether oxygens (including phenoxy) is 4. The van der Waals surface area contributed by atoms with Crippen LogP contribution in [0.3, 0.4) is 0 Å². The third kappa shape index (κ3) is 74.0. The Labute approximate surface area is 619 Å². The molecule has 17 nitrogen and oxygen atoms in total. The molecule has 0 aromatic rings. The number of aliphatic hydroxyl groups is 1. The molecule has 0 saturated heterocycles. The average Bonchev–Trinajstić information content (AvgIpc) is 0.924. The zero-order valence-electron chi connectivity index (χ0n) is 64.3. The van der Waals surface area contributed by atoms with Crippen LogP contribution in [0, 0.1) is 0 Å². The maximum Gasteiger partial charge on any atom is 0.472 e. The molecule has 0 aliphatic rings. The summed E-state index contributed by atoms with van der Waals surface area (Å²) < 4.78 is 68.6. The van der Waals surface area contributed by atoms with Crippen molar-refractivity contribution in [2.75, 3.05) is 39.6 Å². The van der Waals surface area contributed by atoms with Gasteiger partial charge in [-0.2, -0.15) is 0 Å². The van der Waals surface area contributed by atoms with Crippen LogP contribution in [0.2, 0.25) is 0 Å². The van der Waals surface area contributed by atoms with Crippen molar-refractivity contribution < 1.29 is 80.2 Å². The molecule has 0 aliphatic carbocycles. The summed E-state index contributed by atoms with van der Waals surface area (Å²) in [6.45, 7) is 4.61. The molecule has 19 heteroatoms. The molecular weight excluding hydrogens is 1330 g/mol. The number of esters is 4. The Morgan fingerprint density at radius 2 is 0.510 bits per heavy atom. The SMILES string of the molecule is CC/C=C\C/C=C\C/C=C\C/C=C\CCCCCCCCC(=O)OCC(COP(=O)(O)OCC(O)COP(=O)(O)OCC(COC(=O)CCCCCCC/C=C\CCCCCCCC)OC(=O)CCCCCCCCCCCCCCC)OC(=O)CCCC/C=C\C/C=C\C/C=C\C/C=C\CC. The smallest absolute Gasteiger partial charge is 0.462 e. The number of allylic oxidation sites excluding steroid dienone is 18. The zero-order valence-corrected chi connectivity index (χ0v) is 66.0. The van der Waals surface area contributed by atoms with E-state index in [0.29, 0.717) is 32.1 Å². The minimum Gasteiger partial charge on any atom is -0.462 e. The first-order chi connectivity index (χ1) is 49.7. The second kappa shape index (κ2) is 75.0. The third-order valence-corrected chi connectivity index (χ3v) is 18.6. The second-order valence-corrected chi connectivity index (χ2v) is 29.5. The summed E-state index contributed by atoms with van der Waals surface area (Å²) in [7, 11) is -9.97. The minimum atomic E-state index is -4.99. The van der Waals surface area contributed by atoms with Crippen LogP contribution in [0.1, 0.15) is 336 Å². The summed E-state index contributed by atoms with van der Waals surface area (Å²) in [4.78, 5) is 73.0. The quantitative estimate of drug-likeness (QED) is 0.0169. The first kappa shape index (κ1) is 97.7. The first-order valence-corrected chi connectivity index (χ1v) is 43.1.